The average Bonchev–Trinajstić information content (AvgIpc) is 3.41. The number of rotatable bonds is 17. The van der Waals surface area contributed by atoms with E-state index in [2.05, 4.69) is 19.6 Å². The Labute approximate surface area is 250 Å². The number of halogens is 3. The third kappa shape index (κ3) is 10.3. The zero-order valence-corrected chi connectivity index (χ0v) is 25.1. The van der Waals surface area contributed by atoms with Gasteiger partial charge in [0, 0.05) is 36.2 Å². The lowest BCUT2D eigenvalue weighted by Crippen LogP contribution is -2.41. The maximum absolute atomic E-state index is 14.9. The number of ether oxygens (including phenoxy) is 4. The van der Waals surface area contributed by atoms with E-state index >= 15 is 0 Å². The molecule has 4 atom stereocenters. The Kier molecular flexibility index (Phi) is 12.7. The van der Waals surface area contributed by atoms with Gasteiger partial charge in [-0.05, 0) is 6.07 Å². The van der Waals surface area contributed by atoms with Crippen molar-refractivity contribution in [2.75, 3.05) is 46.3 Å². The topological polar surface area (TPSA) is 168 Å². The van der Waals surface area contributed by atoms with Crippen LogP contribution in [0.4, 0.5) is 18.0 Å². The molecule has 0 amide bonds. The molecular weight excluding hydrogens is 614 g/mol. The Balaban J connectivity index is 1.54. The fourth-order valence-electron chi connectivity index (χ4n) is 4.02. The fourth-order valence-corrected chi connectivity index (χ4v) is 4.44. The smallest absolute Gasteiger partial charge is 0.432 e. The lowest BCUT2D eigenvalue weighted by Gasteiger charge is -2.32. The second kappa shape index (κ2) is 16.0. The molecule has 2 unspecified atom stereocenters. The van der Waals surface area contributed by atoms with Crippen LogP contribution in [0.2, 0.25) is 0 Å². The summed E-state index contributed by atoms with van der Waals surface area (Å²) in [6.45, 7) is 4.00. The summed E-state index contributed by atoms with van der Waals surface area (Å²) in [7, 11) is -3.54. The number of hydrogen-bond acceptors (Lipinski definition) is 11. The van der Waals surface area contributed by atoms with E-state index in [1.54, 1.807) is 0 Å². The van der Waals surface area contributed by atoms with Gasteiger partial charge in [-0.2, -0.15) is 4.57 Å². The second-order valence-electron chi connectivity index (χ2n) is 9.59. The molecule has 0 bridgehead atoms. The van der Waals surface area contributed by atoms with Crippen molar-refractivity contribution in [3.8, 4) is 0 Å². The summed E-state index contributed by atoms with van der Waals surface area (Å²) in [5.74, 6) is -3.87. The maximum Gasteiger partial charge on any atom is 0.511 e. The van der Waals surface area contributed by atoms with Gasteiger partial charge in [-0.15, -0.1) is 4.68 Å². The van der Waals surface area contributed by atoms with Crippen molar-refractivity contribution >= 4 is 13.8 Å². The van der Waals surface area contributed by atoms with Crippen LogP contribution in [0.5, 0.6) is 0 Å². The van der Waals surface area contributed by atoms with Crippen LogP contribution in [0, 0.1) is 17.5 Å². The summed E-state index contributed by atoms with van der Waals surface area (Å²) in [4.78, 5) is 28.6. The summed E-state index contributed by atoms with van der Waals surface area (Å²) >= 11 is 0. The second-order valence-corrected chi connectivity index (χ2v) is 11.5. The molecule has 0 spiro atoms. The highest BCUT2D eigenvalue weighted by Crippen LogP contribution is 2.39. The molecule has 44 heavy (non-hydrogen) atoms. The SMILES string of the molecule is CC(OC(=O)OCCOCCOCCOP(C)(=O)O)[n+]1cnn(C[C@](O)(c2ccc(F)cc2F)[C@@H](C)c2ncncc2F)c1. The molecule has 0 aliphatic rings. The van der Waals surface area contributed by atoms with Gasteiger partial charge >= 0.3 is 13.8 Å². The van der Waals surface area contributed by atoms with Crippen molar-refractivity contribution in [1.82, 2.24) is 19.7 Å². The molecule has 18 heteroatoms. The third-order valence-corrected chi connectivity index (χ3v) is 6.95. The van der Waals surface area contributed by atoms with Crippen molar-refractivity contribution < 1.29 is 60.6 Å². The number of nitrogens with zero attached hydrogens (tertiary/aromatic N) is 5. The zero-order chi connectivity index (χ0) is 32.3. The summed E-state index contributed by atoms with van der Waals surface area (Å²) in [5.41, 5.74) is -2.65. The number of carbonyl (C=O) groups is 1. The van der Waals surface area contributed by atoms with Crippen molar-refractivity contribution in [2.45, 2.75) is 38.1 Å². The largest absolute Gasteiger partial charge is 0.511 e. The molecule has 2 N–H and O–H groups in total. The van der Waals surface area contributed by atoms with Crippen molar-refractivity contribution in [1.29, 1.82) is 0 Å². The molecule has 0 saturated heterocycles. The molecule has 0 fully saturated rings. The minimum atomic E-state index is -3.54. The van der Waals surface area contributed by atoms with Gasteiger partial charge in [0.15, 0.2) is 5.82 Å². The van der Waals surface area contributed by atoms with E-state index in [0.717, 1.165) is 31.3 Å². The van der Waals surface area contributed by atoms with Crippen LogP contribution in [0.3, 0.4) is 0 Å². The number of aromatic nitrogens is 5. The summed E-state index contributed by atoms with van der Waals surface area (Å²) in [5, 5.41) is 15.9. The predicted octanol–water partition coefficient (Wildman–Crippen LogP) is 2.61. The van der Waals surface area contributed by atoms with E-state index < -0.39 is 55.5 Å². The van der Waals surface area contributed by atoms with Crippen molar-refractivity contribution in [3.05, 3.63) is 72.1 Å². The van der Waals surface area contributed by atoms with E-state index in [1.807, 2.05) is 0 Å². The van der Waals surface area contributed by atoms with E-state index in [4.69, 9.17) is 23.8 Å². The van der Waals surface area contributed by atoms with Crippen LogP contribution in [-0.2, 0) is 40.2 Å². The summed E-state index contributed by atoms with van der Waals surface area (Å²) < 4.78 is 81.9. The van der Waals surface area contributed by atoms with Crippen molar-refractivity contribution in [3.63, 3.8) is 0 Å². The summed E-state index contributed by atoms with van der Waals surface area (Å²) in [6, 6.07) is 2.64. The van der Waals surface area contributed by atoms with Crippen LogP contribution in [0.1, 0.15) is 37.3 Å². The van der Waals surface area contributed by atoms with Gasteiger partial charge in [-0.25, -0.2) is 27.9 Å². The molecule has 1 aromatic carbocycles. The highest BCUT2D eigenvalue weighted by molar-refractivity contribution is 7.51. The molecule has 2 heterocycles. The van der Waals surface area contributed by atoms with Gasteiger partial charge < -0.3 is 33.5 Å². The maximum atomic E-state index is 14.9. The van der Waals surface area contributed by atoms with E-state index in [0.29, 0.717) is 6.07 Å². The lowest BCUT2D eigenvalue weighted by molar-refractivity contribution is -0.754. The monoisotopic (exact) mass is 648 g/mol. The molecule has 0 aliphatic heterocycles. The molecule has 14 nitrogen and oxygen atoms in total. The molecule has 0 saturated carbocycles. The van der Waals surface area contributed by atoms with Crippen molar-refractivity contribution in [2.24, 2.45) is 0 Å². The Morgan fingerprint density at radius 3 is 2.43 bits per heavy atom. The zero-order valence-electron chi connectivity index (χ0n) is 24.2. The van der Waals surface area contributed by atoms with Gasteiger partial charge in [0.25, 0.3) is 6.33 Å². The Bertz CT molecular complexity index is 1430. The van der Waals surface area contributed by atoms with Crippen LogP contribution < -0.4 is 4.57 Å². The van der Waals surface area contributed by atoms with Crippen LogP contribution in [-0.4, -0.2) is 82.2 Å². The number of hydrogen-bond donors (Lipinski definition) is 2. The third-order valence-electron chi connectivity index (χ3n) is 6.29. The highest BCUT2D eigenvalue weighted by Gasteiger charge is 2.43. The molecule has 2 aromatic heterocycles. The number of carbonyl (C=O) groups excluding carboxylic acids is 1. The highest BCUT2D eigenvalue weighted by atomic mass is 31.2. The normalized spacial score (nSPS) is 15.6. The minimum Gasteiger partial charge on any atom is -0.432 e. The summed E-state index contributed by atoms with van der Waals surface area (Å²) in [6.07, 6.45) is 2.72. The number of benzene rings is 1. The van der Waals surface area contributed by atoms with Crippen LogP contribution >= 0.6 is 7.60 Å². The molecular formula is C26H34F3N5O9P+. The van der Waals surface area contributed by atoms with E-state index in [-0.39, 0.29) is 50.9 Å². The van der Waals surface area contributed by atoms with Gasteiger partial charge in [-0.3, -0.25) is 4.57 Å². The van der Waals surface area contributed by atoms with Gasteiger partial charge in [0.2, 0.25) is 12.6 Å². The first kappa shape index (κ1) is 35.0. The Morgan fingerprint density at radius 1 is 1.09 bits per heavy atom. The lowest BCUT2D eigenvalue weighted by atomic mass is 9.79. The predicted molar refractivity (Wildman–Crippen MR) is 144 cm³/mol. The average molecular weight is 649 g/mol. The first-order valence-electron chi connectivity index (χ1n) is 13.3. The Hall–Kier alpha value is -3.47. The fraction of sp³-hybridized carbons (Fsp3) is 0.500. The van der Waals surface area contributed by atoms with E-state index in [1.165, 1.54) is 35.8 Å². The molecule has 0 aliphatic carbocycles. The standard InChI is InChI=1S/C26H33F3N5O9P/c1-18(24-23(29)13-30-15-31-24)26(36,21-5-4-20(27)12-22(21)28)14-34-17-33(16-32-34)19(2)43-25(35)41-10-8-39-6-7-40-9-11-42-44(3,37)38/h4-5,12-13,15-19,36H,6-11,14H2,1-3H3/p+1/t18-,19?,26+/m0/s1. The first-order valence-corrected chi connectivity index (χ1v) is 15.3. The van der Waals surface area contributed by atoms with Crippen LogP contribution in [0.25, 0.3) is 0 Å². The molecule has 3 aromatic rings. The van der Waals surface area contributed by atoms with Gasteiger partial charge in [0.05, 0.1) is 44.9 Å². The first-order chi connectivity index (χ1) is 20.8. The van der Waals surface area contributed by atoms with Gasteiger partial charge in [0.1, 0.15) is 36.7 Å². The molecule has 0 radical (unpaired) electrons. The van der Waals surface area contributed by atoms with Crippen LogP contribution in [0.15, 0.2) is 43.4 Å². The number of aliphatic hydroxyl groups is 1. The molecule has 3 rings (SSSR count). The van der Waals surface area contributed by atoms with E-state index in [9.17, 15) is 27.6 Å². The quantitative estimate of drug-likeness (QED) is 0.0952. The van der Waals surface area contributed by atoms with Gasteiger partial charge in [-0.1, -0.05) is 13.0 Å². The molecule has 242 valence electrons. The Morgan fingerprint density at radius 2 is 1.77 bits per heavy atom. The minimum absolute atomic E-state index is 0.0375.